The van der Waals surface area contributed by atoms with Crippen LogP contribution in [0, 0.1) is 5.41 Å². The minimum Gasteiger partial charge on any atom is -0.327 e. The van der Waals surface area contributed by atoms with E-state index >= 15 is 0 Å². The van der Waals surface area contributed by atoms with Gasteiger partial charge in [-0.1, -0.05) is 25.4 Å². The molecule has 1 aliphatic rings. The maximum atomic E-state index is 12.2. The summed E-state index contributed by atoms with van der Waals surface area (Å²) in [6, 6.07) is 5.32. The predicted molar refractivity (Wildman–Crippen MR) is 88.1 cm³/mol. The molecule has 0 bridgehead atoms. The lowest BCUT2D eigenvalue weighted by Gasteiger charge is -2.42. The van der Waals surface area contributed by atoms with Crippen molar-refractivity contribution in [2.75, 3.05) is 13.1 Å². The molecule has 3 rings (SSSR count). The first-order valence-corrected chi connectivity index (χ1v) is 7.89. The van der Waals surface area contributed by atoms with Gasteiger partial charge in [0.05, 0.1) is 10.7 Å². The predicted octanol–water partition coefficient (Wildman–Crippen LogP) is 1.91. The Labute approximate surface area is 134 Å². The number of aromatic nitrogens is 2. The molecule has 22 heavy (non-hydrogen) atoms. The van der Waals surface area contributed by atoms with Crippen molar-refractivity contribution in [3.8, 4) is 0 Å². The van der Waals surface area contributed by atoms with E-state index in [1.807, 2.05) is 0 Å². The summed E-state index contributed by atoms with van der Waals surface area (Å²) in [6.07, 6.45) is 2.56. The molecule has 1 aliphatic heterocycles. The summed E-state index contributed by atoms with van der Waals surface area (Å²) >= 11 is 5.92. The number of hydrogen-bond acceptors (Lipinski definition) is 4. The lowest BCUT2D eigenvalue weighted by atomic mass is 9.80. The van der Waals surface area contributed by atoms with Crippen LogP contribution in [0.25, 0.3) is 5.65 Å². The average molecular weight is 321 g/mol. The highest BCUT2D eigenvalue weighted by atomic mass is 35.5. The zero-order valence-corrected chi connectivity index (χ0v) is 13.7. The Bertz CT molecular complexity index is 755. The molecule has 6 heteroatoms. The van der Waals surface area contributed by atoms with Crippen molar-refractivity contribution < 1.29 is 0 Å². The molecule has 0 spiro atoms. The first-order chi connectivity index (χ1) is 10.3. The van der Waals surface area contributed by atoms with Gasteiger partial charge in [0, 0.05) is 37.9 Å². The Morgan fingerprint density at radius 3 is 2.95 bits per heavy atom. The van der Waals surface area contributed by atoms with E-state index < -0.39 is 0 Å². The van der Waals surface area contributed by atoms with Crippen molar-refractivity contribution >= 4 is 17.2 Å². The maximum Gasteiger partial charge on any atom is 0.258 e. The molecule has 118 valence electrons. The second-order valence-corrected chi connectivity index (χ2v) is 7.19. The van der Waals surface area contributed by atoms with E-state index in [0.29, 0.717) is 17.2 Å². The molecule has 2 aromatic heterocycles. The van der Waals surface area contributed by atoms with Crippen LogP contribution in [-0.2, 0) is 6.54 Å². The molecule has 2 N–H and O–H groups in total. The fraction of sp³-hybridized carbons (Fsp3) is 0.500. The van der Waals surface area contributed by atoms with Crippen molar-refractivity contribution in [3.05, 3.63) is 45.5 Å². The Kier molecular flexibility index (Phi) is 3.97. The number of pyridine rings is 1. The highest BCUT2D eigenvalue weighted by Gasteiger charge is 2.33. The number of rotatable bonds is 2. The Balaban J connectivity index is 1.86. The molecule has 1 saturated heterocycles. The normalized spacial score (nSPS) is 22.1. The van der Waals surface area contributed by atoms with Gasteiger partial charge < -0.3 is 5.73 Å². The lowest BCUT2D eigenvalue weighted by Crippen LogP contribution is -2.52. The third-order valence-corrected chi connectivity index (χ3v) is 4.68. The topological polar surface area (TPSA) is 63.6 Å². The number of nitrogens with two attached hydrogens (primary N) is 1. The van der Waals surface area contributed by atoms with Crippen LogP contribution in [-0.4, -0.2) is 33.4 Å². The monoisotopic (exact) mass is 320 g/mol. The minimum atomic E-state index is -0.101. The molecule has 2 aromatic rings. The fourth-order valence-electron chi connectivity index (χ4n) is 3.06. The molecule has 0 aliphatic carbocycles. The van der Waals surface area contributed by atoms with Gasteiger partial charge >= 0.3 is 0 Å². The summed E-state index contributed by atoms with van der Waals surface area (Å²) < 4.78 is 1.47. The van der Waals surface area contributed by atoms with Crippen molar-refractivity contribution in [2.24, 2.45) is 11.1 Å². The van der Waals surface area contributed by atoms with Crippen molar-refractivity contribution in [1.29, 1.82) is 0 Å². The van der Waals surface area contributed by atoms with E-state index in [-0.39, 0.29) is 17.0 Å². The van der Waals surface area contributed by atoms with Crippen molar-refractivity contribution in [1.82, 2.24) is 14.3 Å². The molecular formula is C16H21ClN4O. The van der Waals surface area contributed by atoms with E-state index in [2.05, 4.69) is 23.7 Å². The van der Waals surface area contributed by atoms with Crippen LogP contribution in [0.4, 0.5) is 0 Å². The minimum absolute atomic E-state index is 0.0810. The van der Waals surface area contributed by atoms with Crippen LogP contribution in [0.15, 0.2) is 29.2 Å². The van der Waals surface area contributed by atoms with Gasteiger partial charge in [-0.2, -0.15) is 0 Å². The van der Waals surface area contributed by atoms with Gasteiger partial charge in [-0.15, -0.1) is 0 Å². The molecule has 1 unspecified atom stereocenters. The van der Waals surface area contributed by atoms with Crippen LogP contribution >= 0.6 is 11.6 Å². The standard InChI is InChI=1S/C16H21ClN4O/c1-16(2)10-20(6-5-13(16)18)9-12-7-15(22)21-8-11(17)3-4-14(21)19-12/h3-4,7-8,13H,5-6,9-10,18H2,1-2H3. The maximum absolute atomic E-state index is 12.2. The third-order valence-electron chi connectivity index (χ3n) is 4.45. The van der Waals surface area contributed by atoms with Gasteiger partial charge in [0.15, 0.2) is 0 Å². The summed E-state index contributed by atoms with van der Waals surface area (Å²) in [4.78, 5) is 19.1. The van der Waals surface area contributed by atoms with Gasteiger partial charge in [0.1, 0.15) is 5.65 Å². The molecule has 0 amide bonds. The second-order valence-electron chi connectivity index (χ2n) is 6.76. The van der Waals surface area contributed by atoms with Crippen LogP contribution in [0.1, 0.15) is 26.0 Å². The highest BCUT2D eigenvalue weighted by Crippen LogP contribution is 2.28. The van der Waals surface area contributed by atoms with Gasteiger partial charge in [0.25, 0.3) is 5.56 Å². The van der Waals surface area contributed by atoms with Gasteiger partial charge in [-0.3, -0.25) is 14.1 Å². The molecule has 0 radical (unpaired) electrons. The highest BCUT2D eigenvalue weighted by molar-refractivity contribution is 6.30. The van der Waals surface area contributed by atoms with E-state index in [9.17, 15) is 4.79 Å². The molecule has 3 heterocycles. The van der Waals surface area contributed by atoms with E-state index in [1.54, 1.807) is 24.4 Å². The summed E-state index contributed by atoms with van der Waals surface area (Å²) in [5.41, 5.74) is 7.57. The first kappa shape index (κ1) is 15.5. The number of halogens is 1. The molecule has 1 atom stereocenters. The molecular weight excluding hydrogens is 300 g/mol. The largest absolute Gasteiger partial charge is 0.327 e. The van der Waals surface area contributed by atoms with Gasteiger partial charge in [0.2, 0.25) is 0 Å². The zero-order valence-electron chi connectivity index (χ0n) is 12.9. The van der Waals surface area contributed by atoms with Crippen LogP contribution in [0.5, 0.6) is 0 Å². The van der Waals surface area contributed by atoms with E-state index in [4.69, 9.17) is 17.3 Å². The SMILES string of the molecule is CC1(C)CN(Cc2cc(=O)n3cc(Cl)ccc3n2)CCC1N. The molecule has 5 nitrogen and oxygen atoms in total. The zero-order chi connectivity index (χ0) is 15.9. The van der Waals surface area contributed by atoms with E-state index in [1.165, 1.54) is 4.40 Å². The van der Waals surface area contributed by atoms with Crippen LogP contribution in [0.2, 0.25) is 5.02 Å². The summed E-state index contributed by atoms with van der Waals surface area (Å²) in [5, 5.41) is 0.524. The Morgan fingerprint density at radius 1 is 1.45 bits per heavy atom. The Hall–Kier alpha value is -1.43. The molecule has 1 fully saturated rings. The number of piperidine rings is 1. The summed E-state index contributed by atoms with van der Waals surface area (Å²) in [6.45, 7) is 6.90. The number of likely N-dealkylation sites (tertiary alicyclic amines) is 1. The lowest BCUT2D eigenvalue weighted by molar-refractivity contribution is 0.0889. The average Bonchev–Trinajstić information content (AvgIpc) is 2.44. The smallest absolute Gasteiger partial charge is 0.258 e. The number of hydrogen-bond donors (Lipinski definition) is 1. The first-order valence-electron chi connectivity index (χ1n) is 7.51. The van der Waals surface area contributed by atoms with Crippen LogP contribution in [0.3, 0.4) is 0 Å². The second kappa shape index (κ2) is 5.65. The fourth-order valence-corrected chi connectivity index (χ4v) is 3.22. The number of fused-ring (bicyclic) bond motifs is 1. The quantitative estimate of drug-likeness (QED) is 0.918. The van der Waals surface area contributed by atoms with Crippen LogP contribution < -0.4 is 11.3 Å². The summed E-state index contributed by atoms with van der Waals surface area (Å²) in [7, 11) is 0. The van der Waals surface area contributed by atoms with E-state index in [0.717, 1.165) is 25.2 Å². The Morgan fingerprint density at radius 2 is 2.23 bits per heavy atom. The summed E-state index contributed by atoms with van der Waals surface area (Å²) in [5.74, 6) is 0. The van der Waals surface area contributed by atoms with Gasteiger partial charge in [-0.25, -0.2) is 4.98 Å². The third kappa shape index (κ3) is 3.02. The molecule has 0 aromatic carbocycles. The molecule has 0 saturated carbocycles. The number of nitrogens with zero attached hydrogens (tertiary/aromatic N) is 3. The van der Waals surface area contributed by atoms with Gasteiger partial charge in [-0.05, 0) is 24.0 Å². The van der Waals surface area contributed by atoms with Crippen molar-refractivity contribution in [2.45, 2.75) is 32.9 Å². The van der Waals surface area contributed by atoms with Crippen molar-refractivity contribution in [3.63, 3.8) is 0 Å².